The van der Waals surface area contributed by atoms with Gasteiger partial charge in [0.15, 0.2) is 11.5 Å². The van der Waals surface area contributed by atoms with Crippen LogP contribution >= 0.6 is 11.6 Å². The molecule has 0 aromatic heterocycles. The van der Waals surface area contributed by atoms with Gasteiger partial charge in [-0.3, -0.25) is 4.79 Å². The minimum Gasteiger partial charge on any atom is -0.496 e. The quantitative estimate of drug-likeness (QED) is 0.833. The van der Waals surface area contributed by atoms with Crippen LogP contribution < -0.4 is 19.5 Å². The molecule has 6 heteroatoms. The van der Waals surface area contributed by atoms with Crippen LogP contribution in [0.3, 0.4) is 0 Å². The Balaban J connectivity index is 1.70. The summed E-state index contributed by atoms with van der Waals surface area (Å²) in [7, 11) is 1.57. The van der Waals surface area contributed by atoms with Gasteiger partial charge in [0.25, 0.3) is 0 Å². The van der Waals surface area contributed by atoms with Gasteiger partial charge in [0, 0.05) is 34.8 Å². The van der Waals surface area contributed by atoms with E-state index in [1.54, 1.807) is 49.6 Å². The normalized spacial score (nSPS) is 13.4. The van der Waals surface area contributed by atoms with Gasteiger partial charge in [0.1, 0.15) is 5.75 Å². The molecule has 25 heavy (non-hydrogen) atoms. The molecule has 130 valence electrons. The molecule has 5 nitrogen and oxygen atoms in total. The average molecular weight is 360 g/mol. The van der Waals surface area contributed by atoms with E-state index in [1.807, 2.05) is 0 Å². The van der Waals surface area contributed by atoms with E-state index in [-0.39, 0.29) is 5.91 Å². The van der Waals surface area contributed by atoms with Crippen LogP contribution in [0.2, 0.25) is 5.02 Å². The number of halogens is 1. The fraction of sp³-hybridized carbons (Fsp3) is 0.211. The second-order valence-electron chi connectivity index (χ2n) is 5.42. The van der Waals surface area contributed by atoms with E-state index in [2.05, 4.69) is 5.32 Å². The van der Waals surface area contributed by atoms with Crippen molar-refractivity contribution < 1.29 is 19.0 Å². The van der Waals surface area contributed by atoms with Crippen molar-refractivity contribution in [3.63, 3.8) is 0 Å². The molecule has 1 aliphatic rings. The van der Waals surface area contributed by atoms with Crippen molar-refractivity contribution in [1.82, 2.24) is 0 Å². The number of carbonyl (C=O) groups excluding carboxylic acids is 1. The van der Waals surface area contributed by atoms with Crippen LogP contribution in [0.1, 0.15) is 12.0 Å². The van der Waals surface area contributed by atoms with Gasteiger partial charge in [-0.1, -0.05) is 11.6 Å². The van der Waals surface area contributed by atoms with Crippen molar-refractivity contribution >= 4 is 29.3 Å². The number of anilines is 1. The molecule has 0 atom stereocenters. The summed E-state index contributed by atoms with van der Waals surface area (Å²) in [5, 5.41) is 3.37. The van der Waals surface area contributed by atoms with Crippen LogP contribution in [0.4, 0.5) is 5.69 Å². The zero-order valence-electron chi connectivity index (χ0n) is 13.8. The zero-order valence-corrected chi connectivity index (χ0v) is 14.5. The maximum Gasteiger partial charge on any atom is 0.248 e. The maximum absolute atomic E-state index is 12.2. The molecule has 0 unspecified atom stereocenters. The molecule has 2 aromatic rings. The van der Waals surface area contributed by atoms with Crippen LogP contribution in [-0.2, 0) is 4.79 Å². The Morgan fingerprint density at radius 3 is 2.76 bits per heavy atom. The van der Waals surface area contributed by atoms with E-state index in [0.29, 0.717) is 41.2 Å². The Hall–Kier alpha value is -2.66. The lowest BCUT2D eigenvalue weighted by atomic mass is 10.2. The van der Waals surface area contributed by atoms with Crippen molar-refractivity contribution in [3.8, 4) is 17.2 Å². The number of hydrogen-bond acceptors (Lipinski definition) is 4. The Morgan fingerprint density at radius 1 is 1.16 bits per heavy atom. The fourth-order valence-electron chi connectivity index (χ4n) is 2.43. The molecule has 0 saturated heterocycles. The topological polar surface area (TPSA) is 56.8 Å². The van der Waals surface area contributed by atoms with Gasteiger partial charge in [-0.25, -0.2) is 0 Å². The lowest BCUT2D eigenvalue weighted by Crippen LogP contribution is -2.08. The first-order valence-corrected chi connectivity index (χ1v) is 8.26. The standard InChI is InChI=1S/C19H18ClNO4/c1-23-16-6-4-14(20)11-13(16)3-8-19(22)21-15-5-7-17-18(12-15)25-10-2-9-24-17/h3-8,11-12H,2,9-10H2,1H3,(H,21,22)/b8-3+. The van der Waals surface area contributed by atoms with Gasteiger partial charge in [-0.15, -0.1) is 0 Å². The van der Waals surface area contributed by atoms with Crippen molar-refractivity contribution in [1.29, 1.82) is 0 Å². The van der Waals surface area contributed by atoms with Crippen molar-refractivity contribution in [2.45, 2.75) is 6.42 Å². The molecule has 0 saturated carbocycles. The molecule has 0 spiro atoms. The van der Waals surface area contributed by atoms with Crippen molar-refractivity contribution in [2.75, 3.05) is 25.6 Å². The second kappa shape index (κ2) is 7.94. The van der Waals surface area contributed by atoms with E-state index >= 15 is 0 Å². The maximum atomic E-state index is 12.2. The molecule has 0 aliphatic carbocycles. The number of nitrogens with one attached hydrogen (secondary N) is 1. The van der Waals surface area contributed by atoms with Gasteiger partial charge in [-0.2, -0.15) is 0 Å². The van der Waals surface area contributed by atoms with Gasteiger partial charge in [0.05, 0.1) is 20.3 Å². The number of benzene rings is 2. The second-order valence-corrected chi connectivity index (χ2v) is 5.86. The monoisotopic (exact) mass is 359 g/mol. The van der Waals surface area contributed by atoms with Gasteiger partial charge < -0.3 is 19.5 Å². The highest BCUT2D eigenvalue weighted by atomic mass is 35.5. The molecule has 1 aliphatic heterocycles. The third kappa shape index (κ3) is 4.45. The summed E-state index contributed by atoms with van der Waals surface area (Å²) in [6, 6.07) is 10.5. The summed E-state index contributed by atoms with van der Waals surface area (Å²) in [5.74, 6) is 1.70. The number of hydrogen-bond donors (Lipinski definition) is 1. The first-order valence-electron chi connectivity index (χ1n) is 7.88. The van der Waals surface area contributed by atoms with Gasteiger partial charge in [0.2, 0.25) is 5.91 Å². The van der Waals surface area contributed by atoms with Crippen molar-refractivity contribution in [3.05, 3.63) is 53.1 Å². The van der Waals surface area contributed by atoms with Crippen LogP contribution in [-0.4, -0.2) is 26.2 Å². The summed E-state index contributed by atoms with van der Waals surface area (Å²) in [6.07, 6.45) is 3.92. The molecule has 3 rings (SSSR count). The van der Waals surface area contributed by atoms with Gasteiger partial charge in [-0.05, 0) is 36.4 Å². The smallest absolute Gasteiger partial charge is 0.248 e. The van der Waals surface area contributed by atoms with Gasteiger partial charge >= 0.3 is 0 Å². The first-order chi connectivity index (χ1) is 12.2. The first kappa shape index (κ1) is 17.2. The highest BCUT2D eigenvalue weighted by Gasteiger charge is 2.11. The summed E-state index contributed by atoms with van der Waals surface area (Å²) in [6.45, 7) is 1.22. The van der Waals surface area contributed by atoms with Crippen LogP contribution in [0.5, 0.6) is 17.2 Å². The molecule has 1 heterocycles. The summed E-state index contributed by atoms with van der Waals surface area (Å²) in [5.41, 5.74) is 1.36. The Morgan fingerprint density at radius 2 is 1.96 bits per heavy atom. The zero-order chi connectivity index (χ0) is 17.6. The van der Waals surface area contributed by atoms with E-state index in [0.717, 1.165) is 12.0 Å². The average Bonchev–Trinajstić information content (AvgIpc) is 2.85. The molecule has 1 amide bonds. The number of rotatable bonds is 4. The lowest BCUT2D eigenvalue weighted by Gasteiger charge is -2.09. The summed E-state index contributed by atoms with van der Waals surface area (Å²) < 4.78 is 16.4. The van der Waals surface area contributed by atoms with E-state index in [4.69, 9.17) is 25.8 Å². The van der Waals surface area contributed by atoms with E-state index in [1.165, 1.54) is 6.08 Å². The lowest BCUT2D eigenvalue weighted by molar-refractivity contribution is -0.111. The Bertz CT molecular complexity index is 804. The number of fused-ring (bicyclic) bond motifs is 1. The molecule has 0 bridgehead atoms. The minimum absolute atomic E-state index is 0.267. The molecule has 0 radical (unpaired) electrons. The third-order valence-electron chi connectivity index (χ3n) is 3.62. The molecule has 1 N–H and O–H groups in total. The number of carbonyl (C=O) groups is 1. The predicted molar refractivity (Wildman–Crippen MR) is 97.7 cm³/mol. The number of amides is 1. The Labute approximate surface area is 151 Å². The Kier molecular flexibility index (Phi) is 5.46. The molecule has 2 aromatic carbocycles. The summed E-state index contributed by atoms with van der Waals surface area (Å²) >= 11 is 5.98. The summed E-state index contributed by atoms with van der Waals surface area (Å²) in [4.78, 5) is 12.2. The highest BCUT2D eigenvalue weighted by Crippen LogP contribution is 2.32. The predicted octanol–water partition coefficient (Wildman–Crippen LogP) is 4.16. The van der Waals surface area contributed by atoms with E-state index < -0.39 is 0 Å². The van der Waals surface area contributed by atoms with Crippen LogP contribution in [0, 0.1) is 0 Å². The number of ether oxygens (including phenoxy) is 3. The third-order valence-corrected chi connectivity index (χ3v) is 3.86. The minimum atomic E-state index is -0.267. The fourth-order valence-corrected chi connectivity index (χ4v) is 2.61. The van der Waals surface area contributed by atoms with Crippen LogP contribution in [0.15, 0.2) is 42.5 Å². The largest absolute Gasteiger partial charge is 0.496 e. The van der Waals surface area contributed by atoms with Crippen molar-refractivity contribution in [2.24, 2.45) is 0 Å². The number of methoxy groups -OCH3 is 1. The van der Waals surface area contributed by atoms with Crippen LogP contribution in [0.25, 0.3) is 6.08 Å². The molecule has 0 fully saturated rings. The highest BCUT2D eigenvalue weighted by molar-refractivity contribution is 6.30. The SMILES string of the molecule is COc1ccc(Cl)cc1/C=C/C(=O)Nc1ccc2c(c1)OCCCO2. The molecular formula is C19H18ClNO4. The van der Waals surface area contributed by atoms with E-state index in [9.17, 15) is 4.79 Å². The molecular weight excluding hydrogens is 342 g/mol.